The first kappa shape index (κ1) is 30.6. The average Bonchev–Trinajstić information content (AvgIpc) is 3.27. The average molecular weight is 576 g/mol. The van der Waals surface area contributed by atoms with E-state index >= 15 is 0 Å². The van der Waals surface area contributed by atoms with Gasteiger partial charge in [-0.25, -0.2) is 13.6 Å². The molecule has 0 fully saturated rings. The number of carbonyl (C=O) groups excluding carboxylic acids is 1. The fourth-order valence-electron chi connectivity index (χ4n) is 5.45. The second-order valence-corrected chi connectivity index (χ2v) is 11.4. The Bertz CT molecular complexity index is 1320. The van der Waals surface area contributed by atoms with Crippen LogP contribution in [-0.2, 0) is 11.2 Å². The molecule has 224 valence electrons. The van der Waals surface area contributed by atoms with Crippen LogP contribution in [0.15, 0.2) is 42.5 Å². The van der Waals surface area contributed by atoms with E-state index in [-0.39, 0.29) is 32.2 Å². The van der Waals surface area contributed by atoms with Crippen LogP contribution in [0.5, 0.6) is 11.5 Å². The molecule has 10 heteroatoms. The number of amides is 1. The number of benzene rings is 2. The number of aromatic amines is 1. The third kappa shape index (κ3) is 7.28. The number of para-hydroxylation sites is 1. The molecule has 7 nitrogen and oxygen atoms in total. The number of nitrogens with one attached hydrogen (secondary N) is 1. The smallest absolute Gasteiger partial charge is 0.410 e. The molecule has 1 N–H and O–H groups in total. The molecule has 1 aliphatic heterocycles. The SMILES string of the molecule is COc1ccc(OCCN(CCCF)C(=O)OC(C)(C)C)cc1[C@@H]1c2[nH]c3ccccc3c2C[C@@H](C)N1CC(F)F. The molecule has 2 aromatic carbocycles. The summed E-state index contributed by atoms with van der Waals surface area (Å²) in [6, 6.07) is 12.6. The first-order valence-electron chi connectivity index (χ1n) is 14.0. The van der Waals surface area contributed by atoms with Crippen LogP contribution in [0.4, 0.5) is 18.0 Å². The van der Waals surface area contributed by atoms with Crippen molar-refractivity contribution in [3.8, 4) is 11.5 Å². The topological polar surface area (TPSA) is 67.0 Å². The molecule has 1 aromatic heterocycles. The first-order valence-corrected chi connectivity index (χ1v) is 14.0. The summed E-state index contributed by atoms with van der Waals surface area (Å²) in [5.74, 6) is 1.06. The predicted molar refractivity (Wildman–Crippen MR) is 153 cm³/mol. The zero-order chi connectivity index (χ0) is 29.7. The minimum absolute atomic E-state index is 0.136. The number of hydrogen-bond donors (Lipinski definition) is 1. The highest BCUT2D eigenvalue weighted by atomic mass is 19.3. The van der Waals surface area contributed by atoms with Gasteiger partial charge in [-0.1, -0.05) is 18.2 Å². The molecule has 0 saturated heterocycles. The summed E-state index contributed by atoms with van der Waals surface area (Å²) in [4.78, 5) is 19.4. The second kappa shape index (κ2) is 13.1. The maximum Gasteiger partial charge on any atom is 0.410 e. The summed E-state index contributed by atoms with van der Waals surface area (Å²) in [5.41, 5.74) is 2.95. The Labute approximate surface area is 239 Å². The zero-order valence-electron chi connectivity index (χ0n) is 24.4. The Morgan fingerprint density at radius 3 is 2.61 bits per heavy atom. The number of alkyl halides is 3. The minimum atomic E-state index is -2.51. The van der Waals surface area contributed by atoms with Crippen LogP contribution in [-0.4, -0.2) is 79.0 Å². The molecule has 0 aliphatic carbocycles. The minimum Gasteiger partial charge on any atom is -0.496 e. The summed E-state index contributed by atoms with van der Waals surface area (Å²) in [6.07, 6.45) is -2.21. The van der Waals surface area contributed by atoms with Crippen molar-refractivity contribution in [3.05, 3.63) is 59.3 Å². The Balaban J connectivity index is 1.64. The lowest BCUT2D eigenvalue weighted by Gasteiger charge is -2.41. The first-order chi connectivity index (χ1) is 19.5. The van der Waals surface area contributed by atoms with E-state index in [0.29, 0.717) is 23.5 Å². The number of H-pyrrole nitrogens is 1. The van der Waals surface area contributed by atoms with E-state index in [1.54, 1.807) is 40.0 Å². The van der Waals surface area contributed by atoms with Crippen molar-refractivity contribution in [3.63, 3.8) is 0 Å². The lowest BCUT2D eigenvalue weighted by atomic mass is 9.88. The highest BCUT2D eigenvalue weighted by Crippen LogP contribution is 2.44. The van der Waals surface area contributed by atoms with Gasteiger partial charge in [-0.05, 0) is 70.4 Å². The second-order valence-electron chi connectivity index (χ2n) is 11.4. The lowest BCUT2D eigenvalue weighted by molar-refractivity contribution is 0.0221. The molecule has 1 aliphatic rings. The molecule has 41 heavy (non-hydrogen) atoms. The van der Waals surface area contributed by atoms with Crippen molar-refractivity contribution in [2.75, 3.05) is 40.0 Å². The third-order valence-corrected chi connectivity index (χ3v) is 7.21. The maximum absolute atomic E-state index is 13.8. The van der Waals surface area contributed by atoms with Gasteiger partial charge in [-0.3, -0.25) is 9.29 Å². The lowest BCUT2D eigenvalue weighted by Crippen LogP contribution is -2.45. The van der Waals surface area contributed by atoms with Crippen molar-refractivity contribution >= 4 is 17.0 Å². The monoisotopic (exact) mass is 575 g/mol. The van der Waals surface area contributed by atoms with Crippen molar-refractivity contribution < 1.29 is 32.2 Å². The molecule has 0 unspecified atom stereocenters. The number of nitrogens with zero attached hydrogens (tertiary/aromatic N) is 2. The van der Waals surface area contributed by atoms with Gasteiger partial charge in [0.2, 0.25) is 0 Å². The number of methoxy groups -OCH3 is 1. The normalized spacial score (nSPS) is 17.5. The molecule has 0 bridgehead atoms. The van der Waals surface area contributed by atoms with E-state index in [1.165, 1.54) is 4.90 Å². The number of carbonyl (C=O) groups is 1. The highest BCUT2D eigenvalue weighted by molar-refractivity contribution is 5.85. The Morgan fingerprint density at radius 2 is 1.93 bits per heavy atom. The number of halogens is 3. The number of hydrogen-bond acceptors (Lipinski definition) is 5. The molecule has 0 radical (unpaired) electrons. The summed E-state index contributed by atoms with van der Waals surface area (Å²) < 4.78 is 57.8. The van der Waals surface area contributed by atoms with Crippen LogP contribution >= 0.6 is 0 Å². The van der Waals surface area contributed by atoms with Gasteiger partial charge in [-0.2, -0.15) is 0 Å². The third-order valence-electron chi connectivity index (χ3n) is 7.21. The van der Waals surface area contributed by atoms with E-state index < -0.39 is 37.4 Å². The van der Waals surface area contributed by atoms with Crippen molar-refractivity contribution in [1.82, 2.24) is 14.8 Å². The van der Waals surface area contributed by atoms with Crippen molar-refractivity contribution in [2.24, 2.45) is 0 Å². The fraction of sp³-hybridized carbons (Fsp3) is 0.516. The van der Waals surface area contributed by atoms with Gasteiger partial charge in [0.25, 0.3) is 6.43 Å². The highest BCUT2D eigenvalue weighted by Gasteiger charge is 2.38. The summed E-state index contributed by atoms with van der Waals surface area (Å²) >= 11 is 0. The standard InChI is InChI=1S/C31H40F3N3O4/c1-20-17-23-22-9-6-7-10-25(22)35-28(23)29(37(20)19-27(33)34)24-18-21(11-12-26(24)39-5)40-16-15-36(14-8-13-32)30(38)41-31(2,3)4/h6-7,9-12,18,20,27,29,35H,8,13-17,19H2,1-5H3/t20-,29-/m1/s1. The van der Waals surface area contributed by atoms with Crippen LogP contribution in [0, 0.1) is 0 Å². The van der Waals surface area contributed by atoms with Crippen LogP contribution < -0.4 is 9.47 Å². The molecule has 0 saturated carbocycles. The summed E-state index contributed by atoms with van der Waals surface area (Å²) in [6.45, 7) is 6.88. The van der Waals surface area contributed by atoms with Gasteiger partial charge < -0.3 is 24.1 Å². The molecule has 0 spiro atoms. The van der Waals surface area contributed by atoms with Crippen LogP contribution in [0.25, 0.3) is 10.9 Å². The number of rotatable bonds is 11. The van der Waals surface area contributed by atoms with E-state index in [0.717, 1.165) is 22.2 Å². The Kier molecular flexibility index (Phi) is 9.73. The zero-order valence-corrected chi connectivity index (χ0v) is 24.4. The number of fused-ring (bicyclic) bond motifs is 3. The molecule has 3 aromatic rings. The fourth-order valence-corrected chi connectivity index (χ4v) is 5.45. The van der Waals surface area contributed by atoms with E-state index in [4.69, 9.17) is 14.2 Å². The summed E-state index contributed by atoms with van der Waals surface area (Å²) in [5, 5.41) is 1.08. The maximum atomic E-state index is 13.8. The van der Waals surface area contributed by atoms with Crippen LogP contribution in [0.3, 0.4) is 0 Å². The van der Waals surface area contributed by atoms with Gasteiger partial charge in [0.1, 0.15) is 23.7 Å². The van der Waals surface area contributed by atoms with Crippen molar-refractivity contribution in [2.45, 2.75) is 64.6 Å². The predicted octanol–water partition coefficient (Wildman–Crippen LogP) is 6.75. The van der Waals surface area contributed by atoms with Crippen LogP contribution in [0.2, 0.25) is 0 Å². The van der Waals surface area contributed by atoms with Gasteiger partial charge in [0.05, 0.1) is 32.9 Å². The van der Waals surface area contributed by atoms with Gasteiger partial charge >= 0.3 is 6.09 Å². The van der Waals surface area contributed by atoms with E-state index in [9.17, 15) is 18.0 Å². The molecular formula is C31H40F3N3O4. The molecule has 4 rings (SSSR count). The van der Waals surface area contributed by atoms with Gasteiger partial charge in [-0.15, -0.1) is 0 Å². The molecule has 2 heterocycles. The Hall–Kier alpha value is -3.40. The van der Waals surface area contributed by atoms with E-state index in [2.05, 4.69) is 4.98 Å². The number of ether oxygens (including phenoxy) is 3. The quantitative estimate of drug-likeness (QED) is 0.274. The molecule has 2 atom stereocenters. The van der Waals surface area contributed by atoms with Gasteiger partial charge in [0.15, 0.2) is 0 Å². The number of aromatic nitrogens is 1. The van der Waals surface area contributed by atoms with Crippen molar-refractivity contribution in [1.29, 1.82) is 0 Å². The Morgan fingerprint density at radius 1 is 1.17 bits per heavy atom. The van der Waals surface area contributed by atoms with Gasteiger partial charge in [0, 0.05) is 34.7 Å². The molecule has 1 amide bonds. The summed E-state index contributed by atoms with van der Waals surface area (Å²) in [7, 11) is 1.55. The largest absolute Gasteiger partial charge is 0.496 e. The van der Waals surface area contributed by atoms with E-state index in [1.807, 2.05) is 42.2 Å². The van der Waals surface area contributed by atoms with Crippen LogP contribution in [0.1, 0.15) is 57.0 Å². The molecular weight excluding hydrogens is 535 g/mol.